The number of ether oxygens (including phenoxy) is 1. The van der Waals surface area contributed by atoms with Gasteiger partial charge >= 0.3 is 0 Å². The standard InChI is InChI=1S/C36H40ClN3O5S/c1-26(2)23-38-36(42)33(22-28-12-6-5-7-13-28)39(24-29-14-8-9-15-31(29)37)35(41)25-40(32-16-10-11-17-34(32)45-4)46(43,44)30-20-18-27(3)19-21-30/h5-21,26,33H,22-25H2,1-4H3,(H,38,42)/t33-/m1/s1. The largest absolute Gasteiger partial charge is 0.495 e. The summed E-state index contributed by atoms with van der Waals surface area (Å²) in [7, 11) is -2.82. The summed E-state index contributed by atoms with van der Waals surface area (Å²) in [6, 6.07) is 28.6. The van der Waals surface area contributed by atoms with Crippen LogP contribution in [0.2, 0.25) is 5.02 Å². The lowest BCUT2D eigenvalue weighted by molar-refractivity contribution is -0.140. The molecular weight excluding hydrogens is 622 g/mol. The number of carbonyl (C=O) groups excluding carboxylic acids is 2. The maximum Gasteiger partial charge on any atom is 0.264 e. The number of aryl methyl sites for hydroxylation is 1. The van der Waals surface area contributed by atoms with E-state index in [9.17, 15) is 18.0 Å². The normalized spacial score (nSPS) is 12.0. The molecule has 0 radical (unpaired) electrons. The van der Waals surface area contributed by atoms with Crippen LogP contribution in [-0.4, -0.2) is 51.4 Å². The Balaban J connectivity index is 1.83. The van der Waals surface area contributed by atoms with E-state index in [1.165, 1.54) is 24.1 Å². The average molecular weight is 662 g/mol. The van der Waals surface area contributed by atoms with Gasteiger partial charge in [-0.25, -0.2) is 8.42 Å². The quantitative estimate of drug-likeness (QED) is 0.172. The van der Waals surface area contributed by atoms with Crippen LogP contribution in [0.15, 0.2) is 108 Å². The minimum Gasteiger partial charge on any atom is -0.495 e. The van der Waals surface area contributed by atoms with Crippen molar-refractivity contribution in [3.05, 3.63) is 125 Å². The molecule has 0 saturated carbocycles. The van der Waals surface area contributed by atoms with E-state index in [-0.39, 0.29) is 41.1 Å². The molecule has 0 aliphatic heterocycles. The number of nitrogens with one attached hydrogen (secondary N) is 1. The second kappa shape index (κ2) is 15.8. The average Bonchev–Trinajstić information content (AvgIpc) is 3.05. The zero-order valence-electron chi connectivity index (χ0n) is 26.5. The van der Waals surface area contributed by atoms with Crippen LogP contribution in [0.3, 0.4) is 0 Å². The first-order valence-electron chi connectivity index (χ1n) is 15.1. The Labute approximate surface area is 277 Å². The Hall–Kier alpha value is -4.34. The fourth-order valence-corrected chi connectivity index (χ4v) is 6.59. The van der Waals surface area contributed by atoms with Crippen molar-refractivity contribution in [1.29, 1.82) is 0 Å². The maximum atomic E-state index is 14.6. The number of hydrogen-bond donors (Lipinski definition) is 1. The number of anilines is 1. The van der Waals surface area contributed by atoms with E-state index in [2.05, 4.69) is 5.32 Å². The van der Waals surface area contributed by atoms with E-state index >= 15 is 0 Å². The Morgan fingerprint density at radius 3 is 2.15 bits per heavy atom. The lowest BCUT2D eigenvalue weighted by Crippen LogP contribution is -2.53. The third-order valence-electron chi connectivity index (χ3n) is 7.50. The number of hydrogen-bond acceptors (Lipinski definition) is 5. The maximum absolute atomic E-state index is 14.6. The molecule has 8 nitrogen and oxygen atoms in total. The number of amides is 2. The number of benzene rings is 4. The molecule has 0 aliphatic rings. The monoisotopic (exact) mass is 661 g/mol. The van der Waals surface area contributed by atoms with Crippen LogP contribution >= 0.6 is 11.6 Å². The first kappa shape index (κ1) is 34.5. The SMILES string of the molecule is COc1ccccc1N(CC(=O)N(Cc1ccccc1Cl)[C@H](Cc1ccccc1)C(=O)NCC(C)C)S(=O)(=O)c1ccc(C)cc1. The molecule has 1 N–H and O–H groups in total. The van der Waals surface area contributed by atoms with Gasteiger partial charge in [0.2, 0.25) is 11.8 Å². The molecule has 10 heteroatoms. The molecule has 0 unspecified atom stereocenters. The summed E-state index contributed by atoms with van der Waals surface area (Å²) < 4.78 is 35.1. The number of halogens is 1. The van der Waals surface area contributed by atoms with E-state index < -0.39 is 28.5 Å². The molecular formula is C36H40ClN3O5S. The van der Waals surface area contributed by atoms with E-state index in [0.717, 1.165) is 15.4 Å². The smallest absolute Gasteiger partial charge is 0.264 e. The van der Waals surface area contributed by atoms with Crippen LogP contribution in [0.25, 0.3) is 0 Å². The molecule has 242 valence electrons. The van der Waals surface area contributed by atoms with Gasteiger partial charge in [0.25, 0.3) is 10.0 Å². The lowest BCUT2D eigenvalue weighted by Gasteiger charge is -2.34. The predicted molar refractivity (Wildman–Crippen MR) is 182 cm³/mol. The van der Waals surface area contributed by atoms with E-state index in [0.29, 0.717) is 17.1 Å². The third-order valence-corrected chi connectivity index (χ3v) is 9.64. The number of para-hydroxylation sites is 2. The van der Waals surface area contributed by atoms with Gasteiger partial charge in [0.1, 0.15) is 18.3 Å². The van der Waals surface area contributed by atoms with Crippen LogP contribution in [0.1, 0.15) is 30.5 Å². The predicted octanol–water partition coefficient (Wildman–Crippen LogP) is 6.26. The molecule has 0 heterocycles. The van der Waals surface area contributed by atoms with Crippen molar-refractivity contribution >= 4 is 39.1 Å². The first-order chi connectivity index (χ1) is 22.0. The van der Waals surface area contributed by atoms with Crippen molar-refractivity contribution < 1.29 is 22.7 Å². The van der Waals surface area contributed by atoms with Gasteiger partial charge in [0.05, 0.1) is 17.7 Å². The molecule has 2 amide bonds. The molecule has 0 saturated heterocycles. The topological polar surface area (TPSA) is 96.0 Å². The minimum atomic E-state index is -4.26. The van der Waals surface area contributed by atoms with Crippen LogP contribution in [-0.2, 0) is 32.6 Å². The molecule has 0 aromatic heterocycles. The summed E-state index contributed by atoms with van der Waals surface area (Å²) in [6.07, 6.45) is 0.209. The molecule has 0 bridgehead atoms. The van der Waals surface area contributed by atoms with Crippen molar-refractivity contribution in [3.63, 3.8) is 0 Å². The van der Waals surface area contributed by atoms with E-state index in [4.69, 9.17) is 16.3 Å². The minimum absolute atomic E-state index is 0.0184. The third kappa shape index (κ3) is 8.68. The van der Waals surface area contributed by atoms with Gasteiger partial charge < -0.3 is 15.0 Å². The molecule has 4 aromatic rings. The molecule has 4 rings (SSSR count). The van der Waals surface area contributed by atoms with Crippen molar-refractivity contribution in [1.82, 2.24) is 10.2 Å². The van der Waals surface area contributed by atoms with Gasteiger partial charge in [-0.1, -0.05) is 104 Å². The molecule has 0 fully saturated rings. The summed E-state index contributed by atoms with van der Waals surface area (Å²) in [5.41, 5.74) is 2.55. The molecule has 46 heavy (non-hydrogen) atoms. The van der Waals surface area contributed by atoms with Crippen molar-refractivity contribution in [3.8, 4) is 5.75 Å². The summed E-state index contributed by atoms with van der Waals surface area (Å²) >= 11 is 6.57. The van der Waals surface area contributed by atoms with Crippen LogP contribution in [0, 0.1) is 12.8 Å². The Morgan fingerprint density at radius 2 is 1.50 bits per heavy atom. The summed E-state index contributed by atoms with van der Waals surface area (Å²) in [5, 5.41) is 3.41. The van der Waals surface area contributed by atoms with Crippen LogP contribution in [0.5, 0.6) is 5.75 Å². The summed E-state index contributed by atoms with van der Waals surface area (Å²) in [6.45, 7) is 5.63. The van der Waals surface area contributed by atoms with Crippen LogP contribution in [0.4, 0.5) is 5.69 Å². The fraction of sp³-hybridized carbons (Fsp3) is 0.278. The second-order valence-corrected chi connectivity index (χ2v) is 13.7. The van der Waals surface area contributed by atoms with Gasteiger partial charge in [0, 0.05) is 24.5 Å². The summed E-state index contributed by atoms with van der Waals surface area (Å²) in [5.74, 6) is -0.473. The highest BCUT2D eigenvalue weighted by atomic mass is 35.5. The number of sulfonamides is 1. The molecule has 4 aromatic carbocycles. The Bertz CT molecular complexity index is 1730. The van der Waals surface area contributed by atoms with Crippen molar-refractivity contribution in [2.45, 2.75) is 44.7 Å². The highest BCUT2D eigenvalue weighted by Crippen LogP contribution is 2.33. The number of rotatable bonds is 14. The number of carbonyl (C=O) groups is 2. The Kier molecular flexibility index (Phi) is 11.8. The molecule has 0 aliphatic carbocycles. The first-order valence-corrected chi connectivity index (χ1v) is 16.9. The zero-order chi connectivity index (χ0) is 33.3. The van der Waals surface area contributed by atoms with Gasteiger partial charge in [0.15, 0.2) is 0 Å². The van der Waals surface area contributed by atoms with Crippen molar-refractivity contribution in [2.24, 2.45) is 5.92 Å². The molecule has 1 atom stereocenters. The second-order valence-electron chi connectivity index (χ2n) is 11.5. The van der Waals surface area contributed by atoms with Gasteiger partial charge in [-0.05, 0) is 54.3 Å². The van der Waals surface area contributed by atoms with Crippen molar-refractivity contribution in [2.75, 3.05) is 24.5 Å². The van der Waals surface area contributed by atoms with E-state index in [1.807, 2.05) is 51.1 Å². The highest BCUT2D eigenvalue weighted by Gasteiger charge is 2.35. The fourth-order valence-electron chi connectivity index (χ4n) is 4.97. The summed E-state index contributed by atoms with van der Waals surface area (Å²) in [4.78, 5) is 29.9. The Morgan fingerprint density at radius 1 is 0.870 bits per heavy atom. The highest BCUT2D eigenvalue weighted by molar-refractivity contribution is 7.92. The van der Waals surface area contributed by atoms with Gasteiger partial charge in [-0.2, -0.15) is 0 Å². The van der Waals surface area contributed by atoms with Gasteiger partial charge in [-0.3, -0.25) is 13.9 Å². The van der Waals surface area contributed by atoms with Gasteiger partial charge in [-0.15, -0.1) is 0 Å². The number of methoxy groups -OCH3 is 1. The lowest BCUT2D eigenvalue weighted by atomic mass is 10.0. The molecule has 0 spiro atoms. The number of nitrogens with zero attached hydrogens (tertiary/aromatic N) is 2. The zero-order valence-corrected chi connectivity index (χ0v) is 28.1. The van der Waals surface area contributed by atoms with E-state index in [1.54, 1.807) is 60.7 Å². The van der Waals surface area contributed by atoms with Crippen LogP contribution < -0.4 is 14.4 Å².